The van der Waals surface area contributed by atoms with Gasteiger partial charge in [0, 0.05) is 24.4 Å². The minimum atomic E-state index is -1.46. The molecule has 31 heavy (non-hydrogen) atoms. The Balaban J connectivity index is 2.20. The molecule has 0 saturated carbocycles. The highest BCUT2D eigenvalue weighted by Crippen LogP contribution is 2.44. The highest BCUT2D eigenvalue weighted by Gasteiger charge is 2.54. The molecule has 174 valence electrons. The van der Waals surface area contributed by atoms with E-state index in [9.17, 15) is 30.0 Å². The van der Waals surface area contributed by atoms with E-state index in [-0.39, 0.29) is 37.2 Å². The molecule has 0 saturated heterocycles. The molecule has 2 aliphatic rings. The van der Waals surface area contributed by atoms with Gasteiger partial charge in [-0.25, -0.2) is 4.79 Å². The lowest BCUT2D eigenvalue weighted by Crippen LogP contribution is -2.52. The molecule has 0 amide bonds. The first-order valence-corrected chi connectivity index (χ1v) is 11.0. The summed E-state index contributed by atoms with van der Waals surface area (Å²) >= 11 is 0. The fraction of sp³-hybridized carbons (Fsp3) is 0.727. The molecule has 3 rings (SSSR count). The second kappa shape index (κ2) is 9.38. The van der Waals surface area contributed by atoms with E-state index in [0.717, 1.165) is 19.3 Å². The first-order valence-electron chi connectivity index (χ1n) is 11.0. The van der Waals surface area contributed by atoms with Crippen molar-refractivity contribution in [2.45, 2.75) is 82.3 Å². The maximum atomic E-state index is 13.3. The van der Waals surface area contributed by atoms with Gasteiger partial charge in [0.1, 0.15) is 6.61 Å². The van der Waals surface area contributed by atoms with Crippen molar-refractivity contribution < 1.29 is 34.7 Å². The summed E-state index contributed by atoms with van der Waals surface area (Å²) in [5.74, 6) is -0.572. The van der Waals surface area contributed by atoms with Gasteiger partial charge in [0.25, 0.3) is 5.56 Å². The Kier molecular flexibility index (Phi) is 7.22. The standard InChI is InChI=1S/C22H33NO8/c1-3-5-6-9-31-22(4-2)15-10-16-21(17(26)11-24,18(27)12-25)7-8-23(16)19(28)14(15)13-30-20(22)29/h10,17-18,24-27H,3-9,11-13H2,1-2H3/t17?,18?,21?,22-/m0/s1. The molecule has 1 aromatic heterocycles. The first-order chi connectivity index (χ1) is 14.8. The highest BCUT2D eigenvalue weighted by molar-refractivity contribution is 5.83. The number of rotatable bonds is 10. The molecule has 3 heterocycles. The number of pyridine rings is 1. The van der Waals surface area contributed by atoms with Crippen molar-refractivity contribution in [3.05, 3.63) is 33.2 Å². The van der Waals surface area contributed by atoms with Crippen molar-refractivity contribution in [3.8, 4) is 0 Å². The molecule has 4 N–H and O–H groups in total. The molecule has 0 aliphatic carbocycles. The lowest BCUT2D eigenvalue weighted by Gasteiger charge is -2.40. The number of aliphatic hydroxyl groups excluding tert-OH is 4. The predicted molar refractivity (Wildman–Crippen MR) is 110 cm³/mol. The quantitative estimate of drug-likeness (QED) is 0.297. The van der Waals surface area contributed by atoms with Crippen LogP contribution in [0.2, 0.25) is 0 Å². The van der Waals surface area contributed by atoms with Gasteiger partial charge in [-0.3, -0.25) is 4.79 Å². The van der Waals surface area contributed by atoms with Crippen LogP contribution in [0, 0.1) is 0 Å². The van der Waals surface area contributed by atoms with Crippen LogP contribution in [-0.2, 0) is 38.4 Å². The van der Waals surface area contributed by atoms with Gasteiger partial charge in [0.2, 0.25) is 0 Å². The molecule has 0 fully saturated rings. The van der Waals surface area contributed by atoms with E-state index in [1.807, 2.05) is 0 Å². The summed E-state index contributed by atoms with van der Waals surface area (Å²) in [5.41, 5.74) is -2.32. The van der Waals surface area contributed by atoms with Gasteiger partial charge in [-0.15, -0.1) is 0 Å². The summed E-state index contributed by atoms with van der Waals surface area (Å²) in [5, 5.41) is 40.6. The Bertz CT molecular complexity index is 856. The number of unbranched alkanes of at least 4 members (excludes halogenated alkanes) is 2. The lowest BCUT2D eigenvalue weighted by atomic mass is 9.72. The Morgan fingerprint density at radius 2 is 1.84 bits per heavy atom. The minimum Gasteiger partial charge on any atom is -0.458 e. The maximum absolute atomic E-state index is 13.3. The van der Waals surface area contributed by atoms with Gasteiger partial charge >= 0.3 is 5.97 Å². The SMILES string of the molecule is CCCCCO[C@]1(CC)C(=O)OCc2c1cc1n(c2=O)CCC1(C(O)CO)C(O)CO. The number of carbonyl (C=O) groups excluding carboxylic acids is 1. The van der Waals surface area contributed by atoms with Gasteiger partial charge in [-0.1, -0.05) is 26.7 Å². The van der Waals surface area contributed by atoms with Crippen LogP contribution in [0.5, 0.6) is 0 Å². The molecule has 9 nitrogen and oxygen atoms in total. The van der Waals surface area contributed by atoms with Crippen molar-refractivity contribution in [1.29, 1.82) is 0 Å². The van der Waals surface area contributed by atoms with Crippen molar-refractivity contribution in [1.82, 2.24) is 4.57 Å². The molecule has 2 unspecified atom stereocenters. The maximum Gasteiger partial charge on any atom is 0.343 e. The molecule has 3 atom stereocenters. The van der Waals surface area contributed by atoms with E-state index >= 15 is 0 Å². The molecular formula is C22H33NO8. The van der Waals surface area contributed by atoms with Crippen LogP contribution in [0.1, 0.15) is 62.8 Å². The van der Waals surface area contributed by atoms with Crippen molar-refractivity contribution >= 4 is 5.97 Å². The van der Waals surface area contributed by atoms with Gasteiger partial charge < -0.3 is 34.5 Å². The number of aromatic nitrogens is 1. The predicted octanol–water partition coefficient (Wildman–Crippen LogP) is 0.0651. The molecule has 0 bridgehead atoms. The third-order valence-corrected chi connectivity index (χ3v) is 6.87. The number of hydrogen-bond donors (Lipinski definition) is 4. The second-order valence-corrected chi connectivity index (χ2v) is 8.38. The van der Waals surface area contributed by atoms with Crippen molar-refractivity contribution in [2.24, 2.45) is 0 Å². The van der Waals surface area contributed by atoms with Crippen molar-refractivity contribution in [3.63, 3.8) is 0 Å². The fourth-order valence-electron chi connectivity index (χ4n) is 4.98. The lowest BCUT2D eigenvalue weighted by molar-refractivity contribution is -0.181. The van der Waals surface area contributed by atoms with Crippen LogP contribution in [0.3, 0.4) is 0 Å². The summed E-state index contributed by atoms with van der Waals surface area (Å²) in [4.78, 5) is 26.2. The monoisotopic (exact) mass is 439 g/mol. The number of carbonyl (C=O) groups is 1. The molecule has 0 spiro atoms. The molecule has 9 heteroatoms. The number of hydrogen-bond acceptors (Lipinski definition) is 8. The van der Waals surface area contributed by atoms with E-state index in [1.165, 1.54) is 4.57 Å². The van der Waals surface area contributed by atoms with Crippen LogP contribution in [0.4, 0.5) is 0 Å². The van der Waals surface area contributed by atoms with E-state index in [2.05, 4.69) is 6.92 Å². The number of esters is 1. The Hall–Kier alpha value is -1.78. The third kappa shape index (κ3) is 3.62. The highest BCUT2D eigenvalue weighted by atomic mass is 16.6. The Morgan fingerprint density at radius 3 is 2.42 bits per heavy atom. The van der Waals surface area contributed by atoms with Gasteiger partial charge in [-0.2, -0.15) is 0 Å². The van der Waals surface area contributed by atoms with Crippen LogP contribution < -0.4 is 5.56 Å². The topological polar surface area (TPSA) is 138 Å². The average molecular weight is 440 g/mol. The zero-order valence-electron chi connectivity index (χ0n) is 18.2. The Morgan fingerprint density at radius 1 is 1.16 bits per heavy atom. The molecule has 1 aromatic rings. The number of aliphatic hydroxyl groups is 4. The fourth-order valence-corrected chi connectivity index (χ4v) is 4.98. The van der Waals surface area contributed by atoms with Gasteiger partial charge in [0.05, 0.1) is 36.4 Å². The normalized spacial score (nSPS) is 26.8. The largest absolute Gasteiger partial charge is 0.458 e. The summed E-state index contributed by atoms with van der Waals surface area (Å²) in [6, 6.07) is 1.62. The Labute approximate surface area is 181 Å². The van der Waals surface area contributed by atoms with E-state index in [0.29, 0.717) is 17.7 Å². The third-order valence-electron chi connectivity index (χ3n) is 6.87. The number of cyclic esters (lactones) is 1. The zero-order chi connectivity index (χ0) is 22.8. The van der Waals surface area contributed by atoms with Crippen LogP contribution in [0.15, 0.2) is 10.9 Å². The second-order valence-electron chi connectivity index (χ2n) is 8.38. The van der Waals surface area contributed by atoms with Crippen LogP contribution >= 0.6 is 0 Å². The number of ether oxygens (including phenoxy) is 2. The minimum absolute atomic E-state index is 0.153. The van der Waals surface area contributed by atoms with Gasteiger partial charge in [0.15, 0.2) is 5.60 Å². The van der Waals surface area contributed by atoms with E-state index < -0.39 is 42.4 Å². The molecule has 0 radical (unpaired) electrons. The van der Waals surface area contributed by atoms with Crippen LogP contribution in [0.25, 0.3) is 0 Å². The summed E-state index contributed by atoms with van der Waals surface area (Å²) < 4.78 is 12.8. The zero-order valence-corrected chi connectivity index (χ0v) is 18.2. The average Bonchev–Trinajstić information content (AvgIpc) is 3.18. The molecule has 0 aromatic carbocycles. The summed E-state index contributed by atoms with van der Waals surface area (Å²) in [7, 11) is 0. The van der Waals surface area contributed by atoms with Crippen molar-refractivity contribution in [2.75, 3.05) is 19.8 Å². The van der Waals surface area contributed by atoms with Crippen LogP contribution in [-0.4, -0.2) is 63.0 Å². The smallest absolute Gasteiger partial charge is 0.343 e. The number of fused-ring (bicyclic) bond motifs is 2. The number of nitrogens with zero attached hydrogens (tertiary/aromatic N) is 1. The summed E-state index contributed by atoms with van der Waals surface area (Å²) in [6.07, 6.45) is 0.255. The van der Waals surface area contributed by atoms with Gasteiger partial charge in [-0.05, 0) is 25.3 Å². The first kappa shape index (κ1) is 23.9. The molecular weight excluding hydrogens is 406 g/mol. The van der Waals surface area contributed by atoms with E-state index in [1.54, 1.807) is 13.0 Å². The molecule has 2 aliphatic heterocycles. The summed E-state index contributed by atoms with van der Waals surface area (Å²) in [6.45, 7) is 2.86. The van der Waals surface area contributed by atoms with E-state index in [4.69, 9.17) is 9.47 Å².